The van der Waals surface area contributed by atoms with Gasteiger partial charge in [-0.15, -0.1) is 0 Å². The molecule has 0 aromatic heterocycles. The Kier molecular flexibility index (Phi) is 6.17. The Labute approximate surface area is 249 Å². The zero-order valence-electron chi connectivity index (χ0n) is 23.2. The lowest BCUT2D eigenvalue weighted by Gasteiger charge is -2.37. The number of carbonyl (C=O) groups excluding carboxylic acids is 3. The highest BCUT2D eigenvalue weighted by molar-refractivity contribution is 6.33. The van der Waals surface area contributed by atoms with Gasteiger partial charge in [0.05, 0.1) is 12.6 Å². The summed E-state index contributed by atoms with van der Waals surface area (Å²) in [5.74, 6) is -0.979. The number of anilines is 1. The van der Waals surface area contributed by atoms with Gasteiger partial charge in [0, 0.05) is 38.9 Å². The van der Waals surface area contributed by atoms with Crippen molar-refractivity contribution < 1.29 is 19.1 Å². The summed E-state index contributed by atoms with van der Waals surface area (Å²) in [6.07, 6.45) is 3.82. The molecule has 0 saturated carbocycles. The Bertz CT molecular complexity index is 1770. The smallest absolute Gasteiger partial charge is 0.185 e. The zero-order valence-corrected chi connectivity index (χ0v) is 24.0. The van der Waals surface area contributed by atoms with Gasteiger partial charge in [0.15, 0.2) is 17.3 Å². The fourth-order valence-electron chi connectivity index (χ4n) is 7.20. The lowest BCUT2D eigenvalue weighted by molar-refractivity contribution is 0.0664. The van der Waals surface area contributed by atoms with Crippen molar-refractivity contribution in [2.75, 3.05) is 11.5 Å². The molecule has 1 saturated heterocycles. The maximum absolute atomic E-state index is 14.8. The molecule has 0 bridgehead atoms. The lowest BCUT2D eigenvalue weighted by atomic mass is 9.64. The van der Waals surface area contributed by atoms with Crippen LogP contribution in [0.3, 0.4) is 0 Å². The second kappa shape index (κ2) is 9.81. The van der Waals surface area contributed by atoms with Gasteiger partial charge in [0.1, 0.15) is 17.2 Å². The van der Waals surface area contributed by atoms with Crippen molar-refractivity contribution >= 4 is 40.7 Å². The van der Waals surface area contributed by atoms with Crippen LogP contribution >= 0.6 is 11.6 Å². The molecule has 2 aliphatic heterocycles. The first-order valence-corrected chi connectivity index (χ1v) is 14.5. The van der Waals surface area contributed by atoms with Crippen LogP contribution in [0.15, 0.2) is 97.1 Å². The Balaban J connectivity index is 1.56. The van der Waals surface area contributed by atoms with E-state index in [1.165, 1.54) is 0 Å². The van der Waals surface area contributed by atoms with Crippen LogP contribution < -0.4 is 9.64 Å². The van der Waals surface area contributed by atoms with Crippen molar-refractivity contribution in [3.63, 3.8) is 0 Å². The van der Waals surface area contributed by atoms with Gasteiger partial charge in [-0.25, -0.2) is 0 Å². The molecule has 2 heterocycles. The summed E-state index contributed by atoms with van der Waals surface area (Å²) in [7, 11) is 0. The van der Waals surface area contributed by atoms with Gasteiger partial charge in [-0.05, 0) is 43.7 Å². The number of aryl methyl sites for hydroxylation is 1. The number of carbonyl (C=O) groups is 3. The molecule has 1 aliphatic carbocycles. The highest BCUT2D eigenvalue weighted by Gasteiger charge is 2.71. The summed E-state index contributed by atoms with van der Waals surface area (Å²) in [6, 6.07) is 25.8. The van der Waals surface area contributed by atoms with E-state index in [9.17, 15) is 14.4 Å². The van der Waals surface area contributed by atoms with Crippen molar-refractivity contribution in [3.05, 3.63) is 135 Å². The minimum absolute atomic E-state index is 0.166. The zero-order chi connectivity index (χ0) is 29.2. The van der Waals surface area contributed by atoms with Gasteiger partial charge in [-0.3, -0.25) is 14.4 Å². The molecule has 0 radical (unpaired) electrons. The van der Waals surface area contributed by atoms with Crippen LogP contribution in [0.1, 0.15) is 60.6 Å². The molecule has 3 atom stereocenters. The number of rotatable bonds is 5. The largest absolute Gasteiger partial charge is 0.494 e. The first-order chi connectivity index (χ1) is 20.4. The topological polar surface area (TPSA) is 63.7 Å². The fourth-order valence-corrected chi connectivity index (χ4v) is 7.38. The number of hydrogen-bond acceptors (Lipinski definition) is 5. The van der Waals surface area contributed by atoms with Gasteiger partial charge in [0.2, 0.25) is 0 Å². The highest BCUT2D eigenvalue weighted by atomic mass is 35.5. The average molecular weight is 574 g/mol. The quantitative estimate of drug-likeness (QED) is 0.184. The Morgan fingerprint density at radius 1 is 0.905 bits per heavy atom. The summed E-state index contributed by atoms with van der Waals surface area (Å²) in [5, 5.41) is 0.561. The molecule has 1 spiro atoms. The summed E-state index contributed by atoms with van der Waals surface area (Å²) in [6.45, 7) is 4.26. The molecule has 3 aliphatic rings. The molecule has 0 N–H and O–H groups in total. The SMILES string of the molecule is CCOc1ccccc1[C@H]1[C@@H](C(=O)c2ccc(C)cc2)N2c3ccc(Cl)cc3C=C[C@@H]2C12C(=O)c1ccccc1C2=O. The Hall–Kier alpha value is -4.48. The second-order valence-electron chi connectivity index (χ2n) is 11.1. The van der Waals surface area contributed by atoms with Gasteiger partial charge in [-0.1, -0.05) is 96.0 Å². The summed E-state index contributed by atoms with van der Waals surface area (Å²) in [4.78, 5) is 46.4. The average Bonchev–Trinajstić information content (AvgIpc) is 3.43. The van der Waals surface area contributed by atoms with E-state index in [1.54, 1.807) is 30.3 Å². The van der Waals surface area contributed by atoms with Crippen LogP contribution in [-0.4, -0.2) is 36.0 Å². The molecule has 1 fully saturated rings. The van der Waals surface area contributed by atoms with Crippen LogP contribution in [0.4, 0.5) is 5.69 Å². The monoisotopic (exact) mass is 573 g/mol. The predicted octanol–water partition coefficient (Wildman–Crippen LogP) is 7.36. The first kappa shape index (κ1) is 26.4. The Morgan fingerprint density at radius 2 is 1.57 bits per heavy atom. The highest BCUT2D eigenvalue weighted by Crippen LogP contribution is 2.62. The van der Waals surface area contributed by atoms with E-state index in [-0.39, 0.29) is 17.3 Å². The molecular weight excluding hydrogens is 546 g/mol. The minimum atomic E-state index is -1.59. The van der Waals surface area contributed by atoms with Crippen molar-refractivity contribution in [1.29, 1.82) is 0 Å². The number of hydrogen-bond donors (Lipinski definition) is 0. The molecule has 4 aromatic rings. The van der Waals surface area contributed by atoms with Crippen molar-refractivity contribution in [3.8, 4) is 5.75 Å². The molecular formula is C36H28ClNO4. The molecule has 208 valence electrons. The second-order valence-corrected chi connectivity index (χ2v) is 11.5. The van der Waals surface area contributed by atoms with Crippen LogP contribution in [-0.2, 0) is 0 Å². The van der Waals surface area contributed by atoms with E-state index >= 15 is 0 Å². The maximum atomic E-state index is 14.8. The number of fused-ring (bicyclic) bond motifs is 5. The summed E-state index contributed by atoms with van der Waals surface area (Å²) in [5.41, 5.74) is 2.98. The molecule has 42 heavy (non-hydrogen) atoms. The maximum Gasteiger partial charge on any atom is 0.185 e. The number of benzene rings is 4. The third kappa shape index (κ3) is 3.59. The van der Waals surface area contributed by atoms with Gasteiger partial charge in [0.25, 0.3) is 0 Å². The molecule has 4 aromatic carbocycles. The number of para-hydroxylation sites is 1. The lowest BCUT2D eigenvalue weighted by Crippen LogP contribution is -2.48. The number of nitrogens with zero attached hydrogens (tertiary/aromatic N) is 1. The number of ketones is 3. The van der Waals surface area contributed by atoms with Gasteiger partial charge in [-0.2, -0.15) is 0 Å². The molecule has 0 amide bonds. The standard InChI is InChI=1S/C36H28ClNO4/c1-3-42-29-11-7-6-10-27(29)31-32(33(39)22-14-12-21(2)13-15-22)38-28-18-17-24(37)20-23(28)16-19-30(38)36(31)34(40)25-8-4-5-9-26(25)35(36)41/h4-20,30-32H,3H2,1-2H3/t30-,31+,32+/m1/s1. The Morgan fingerprint density at radius 3 is 2.26 bits per heavy atom. The van der Waals surface area contributed by atoms with E-state index < -0.39 is 23.4 Å². The fraction of sp³-hybridized carbons (Fsp3) is 0.194. The normalized spacial score (nSPS) is 21.3. The minimum Gasteiger partial charge on any atom is -0.494 e. The summed E-state index contributed by atoms with van der Waals surface area (Å²) < 4.78 is 6.10. The van der Waals surface area contributed by atoms with Crippen LogP contribution in [0.5, 0.6) is 5.75 Å². The third-order valence-corrected chi connectivity index (χ3v) is 9.16. The van der Waals surface area contributed by atoms with Crippen LogP contribution in [0.25, 0.3) is 6.08 Å². The van der Waals surface area contributed by atoms with Crippen molar-refractivity contribution in [1.82, 2.24) is 0 Å². The number of halogens is 1. The molecule has 6 heteroatoms. The van der Waals surface area contributed by atoms with Gasteiger partial charge >= 0.3 is 0 Å². The number of ether oxygens (including phenoxy) is 1. The van der Waals surface area contributed by atoms with E-state index in [0.29, 0.717) is 39.6 Å². The van der Waals surface area contributed by atoms with E-state index in [1.807, 2.05) is 91.6 Å². The molecule has 7 rings (SSSR count). The number of Topliss-reactive ketones (excluding diaryl/α,β-unsaturated/α-hetero) is 3. The summed E-state index contributed by atoms with van der Waals surface area (Å²) >= 11 is 6.39. The molecule has 5 nitrogen and oxygen atoms in total. The predicted molar refractivity (Wildman–Crippen MR) is 164 cm³/mol. The van der Waals surface area contributed by atoms with E-state index in [4.69, 9.17) is 16.3 Å². The van der Waals surface area contributed by atoms with Crippen molar-refractivity contribution in [2.24, 2.45) is 5.41 Å². The van der Waals surface area contributed by atoms with Crippen molar-refractivity contribution in [2.45, 2.75) is 31.8 Å². The van der Waals surface area contributed by atoms with E-state index in [0.717, 1.165) is 16.8 Å². The van der Waals surface area contributed by atoms with Crippen LogP contribution in [0.2, 0.25) is 5.02 Å². The molecule has 0 unspecified atom stereocenters. The van der Waals surface area contributed by atoms with Gasteiger partial charge < -0.3 is 9.64 Å². The first-order valence-electron chi connectivity index (χ1n) is 14.1. The van der Waals surface area contributed by atoms with Crippen LogP contribution in [0, 0.1) is 12.3 Å². The van der Waals surface area contributed by atoms with E-state index in [2.05, 4.69) is 0 Å². The third-order valence-electron chi connectivity index (χ3n) is 8.92.